The Hall–Kier alpha value is -1.14. The van der Waals surface area contributed by atoms with E-state index in [2.05, 4.69) is 34.5 Å². The Morgan fingerprint density at radius 2 is 2.41 bits per heavy atom. The predicted octanol–water partition coefficient (Wildman–Crippen LogP) is 1.57. The highest BCUT2D eigenvalue weighted by Crippen LogP contribution is 2.25. The summed E-state index contributed by atoms with van der Waals surface area (Å²) in [6.07, 6.45) is 1.54. The highest BCUT2D eigenvalue weighted by atomic mass is 35.5. The number of rotatable bonds is 3. The standard InChI is InChI=1S/C10H13ClN4OS/c1-5(2)3-13-10-14-7(8(16)15-10)9-12-4-6(11)17-9/h4-5,7H,3H2,1-2H3,(H2,13,14,15,16). The maximum absolute atomic E-state index is 11.7. The third-order valence-electron chi connectivity index (χ3n) is 2.14. The summed E-state index contributed by atoms with van der Waals surface area (Å²) >= 11 is 7.08. The Morgan fingerprint density at radius 1 is 1.65 bits per heavy atom. The molecule has 0 aliphatic carbocycles. The molecule has 5 nitrogen and oxygen atoms in total. The highest BCUT2D eigenvalue weighted by Gasteiger charge is 2.31. The zero-order valence-electron chi connectivity index (χ0n) is 9.53. The van der Waals surface area contributed by atoms with Crippen LogP contribution in [0.25, 0.3) is 0 Å². The van der Waals surface area contributed by atoms with Crippen LogP contribution in [0.5, 0.6) is 0 Å². The molecule has 0 saturated carbocycles. The van der Waals surface area contributed by atoms with Gasteiger partial charge in [-0.1, -0.05) is 25.4 Å². The smallest absolute Gasteiger partial charge is 0.256 e. The number of amides is 1. The van der Waals surface area contributed by atoms with Gasteiger partial charge in [0.05, 0.1) is 6.20 Å². The second-order valence-electron chi connectivity index (χ2n) is 4.15. The van der Waals surface area contributed by atoms with Gasteiger partial charge in [-0.2, -0.15) is 0 Å². The van der Waals surface area contributed by atoms with Crippen molar-refractivity contribution in [3.05, 3.63) is 15.5 Å². The van der Waals surface area contributed by atoms with E-state index in [0.717, 1.165) is 0 Å². The molecule has 2 heterocycles. The van der Waals surface area contributed by atoms with Crippen LogP contribution in [-0.2, 0) is 4.79 Å². The van der Waals surface area contributed by atoms with Crippen molar-refractivity contribution in [3.8, 4) is 0 Å². The number of aliphatic imine (C=N–C) groups is 1. The average molecular weight is 273 g/mol. The van der Waals surface area contributed by atoms with Crippen LogP contribution in [0, 0.1) is 5.92 Å². The molecule has 2 N–H and O–H groups in total. The van der Waals surface area contributed by atoms with Crippen molar-refractivity contribution in [2.75, 3.05) is 6.54 Å². The Labute approximate surface area is 108 Å². The summed E-state index contributed by atoms with van der Waals surface area (Å²) < 4.78 is 0.571. The molecule has 7 heteroatoms. The van der Waals surface area contributed by atoms with Gasteiger partial charge in [0.1, 0.15) is 9.34 Å². The minimum atomic E-state index is -0.474. The molecule has 1 aromatic heterocycles. The molecule has 0 spiro atoms. The van der Waals surface area contributed by atoms with E-state index in [-0.39, 0.29) is 5.91 Å². The molecule has 2 rings (SSSR count). The summed E-state index contributed by atoms with van der Waals surface area (Å²) in [4.78, 5) is 20.1. The van der Waals surface area contributed by atoms with Crippen LogP contribution in [0.3, 0.4) is 0 Å². The highest BCUT2D eigenvalue weighted by molar-refractivity contribution is 7.16. The van der Waals surface area contributed by atoms with Crippen LogP contribution in [0.15, 0.2) is 11.2 Å². The molecule has 0 bridgehead atoms. The van der Waals surface area contributed by atoms with Crippen LogP contribution in [0.2, 0.25) is 4.34 Å². The molecule has 0 aromatic carbocycles. The zero-order chi connectivity index (χ0) is 12.4. The second kappa shape index (κ2) is 5.01. The van der Waals surface area contributed by atoms with E-state index < -0.39 is 6.04 Å². The lowest BCUT2D eigenvalue weighted by Crippen LogP contribution is -2.26. The fourth-order valence-corrected chi connectivity index (χ4v) is 2.34. The molecule has 0 radical (unpaired) electrons. The fraction of sp³-hybridized carbons (Fsp3) is 0.500. The predicted molar refractivity (Wildman–Crippen MR) is 68.3 cm³/mol. The van der Waals surface area contributed by atoms with Crippen molar-refractivity contribution in [2.45, 2.75) is 19.9 Å². The Kier molecular flexibility index (Phi) is 3.63. The summed E-state index contributed by atoms with van der Waals surface area (Å²) in [6.45, 7) is 4.81. The van der Waals surface area contributed by atoms with Crippen molar-refractivity contribution in [2.24, 2.45) is 10.9 Å². The van der Waals surface area contributed by atoms with E-state index in [4.69, 9.17) is 11.6 Å². The lowest BCUT2D eigenvalue weighted by molar-refractivity contribution is -0.120. The SMILES string of the molecule is CC(C)CN=C1NC(=O)C(c2ncc(Cl)s2)N1. The minimum Gasteiger partial charge on any atom is -0.338 e. The minimum absolute atomic E-state index is 0.140. The van der Waals surface area contributed by atoms with E-state index in [1.165, 1.54) is 11.3 Å². The number of guanidine groups is 1. The number of hydrogen-bond donors (Lipinski definition) is 2. The van der Waals surface area contributed by atoms with E-state index in [1.54, 1.807) is 6.20 Å². The number of nitrogens with one attached hydrogen (secondary N) is 2. The number of halogens is 1. The van der Waals surface area contributed by atoms with Gasteiger partial charge in [0.2, 0.25) is 0 Å². The van der Waals surface area contributed by atoms with Gasteiger partial charge in [-0.05, 0) is 5.92 Å². The molecule has 1 aliphatic heterocycles. The number of carbonyl (C=O) groups excluding carboxylic acids is 1. The molecular weight excluding hydrogens is 260 g/mol. The van der Waals surface area contributed by atoms with E-state index in [1.807, 2.05) is 0 Å². The van der Waals surface area contributed by atoms with Crippen LogP contribution in [0.1, 0.15) is 24.9 Å². The first-order chi connectivity index (χ1) is 8.06. The topological polar surface area (TPSA) is 66.4 Å². The van der Waals surface area contributed by atoms with E-state index in [9.17, 15) is 4.79 Å². The Morgan fingerprint density at radius 3 is 3.00 bits per heavy atom. The molecule has 92 valence electrons. The van der Waals surface area contributed by atoms with E-state index in [0.29, 0.717) is 27.8 Å². The molecule has 1 unspecified atom stereocenters. The van der Waals surface area contributed by atoms with Crippen LogP contribution in [-0.4, -0.2) is 23.4 Å². The zero-order valence-corrected chi connectivity index (χ0v) is 11.1. The van der Waals surface area contributed by atoms with Gasteiger partial charge in [-0.15, -0.1) is 11.3 Å². The lowest BCUT2D eigenvalue weighted by atomic mass is 10.2. The number of carbonyl (C=O) groups is 1. The van der Waals surface area contributed by atoms with Gasteiger partial charge in [-0.3, -0.25) is 15.1 Å². The normalized spacial score (nSPS) is 22.0. The third kappa shape index (κ3) is 2.95. The molecular formula is C10H13ClN4OS. The Balaban J connectivity index is 2.07. The molecule has 1 amide bonds. The van der Waals surface area contributed by atoms with E-state index >= 15 is 0 Å². The Bertz CT molecular complexity index is 457. The van der Waals surface area contributed by atoms with Gasteiger partial charge in [0, 0.05) is 6.54 Å². The molecule has 17 heavy (non-hydrogen) atoms. The number of hydrogen-bond acceptors (Lipinski definition) is 4. The largest absolute Gasteiger partial charge is 0.338 e. The number of nitrogens with zero attached hydrogens (tertiary/aromatic N) is 2. The molecule has 1 aliphatic rings. The molecule has 1 atom stereocenters. The summed E-state index contributed by atoms with van der Waals surface area (Å²) in [7, 11) is 0. The summed E-state index contributed by atoms with van der Waals surface area (Å²) in [5.74, 6) is 0.827. The van der Waals surface area contributed by atoms with Crippen molar-refractivity contribution in [1.82, 2.24) is 15.6 Å². The van der Waals surface area contributed by atoms with Crippen molar-refractivity contribution in [3.63, 3.8) is 0 Å². The summed E-state index contributed by atoms with van der Waals surface area (Å²) in [5, 5.41) is 6.35. The van der Waals surface area contributed by atoms with Gasteiger partial charge in [0.25, 0.3) is 5.91 Å². The number of aromatic nitrogens is 1. The summed E-state index contributed by atoms with van der Waals surface area (Å²) in [6, 6.07) is -0.474. The van der Waals surface area contributed by atoms with Crippen molar-refractivity contribution in [1.29, 1.82) is 0 Å². The van der Waals surface area contributed by atoms with Crippen LogP contribution in [0.4, 0.5) is 0 Å². The fourth-order valence-electron chi connectivity index (χ4n) is 1.36. The van der Waals surface area contributed by atoms with Gasteiger partial charge in [-0.25, -0.2) is 4.98 Å². The first-order valence-corrected chi connectivity index (χ1v) is 6.49. The second-order valence-corrected chi connectivity index (χ2v) is 5.85. The maximum Gasteiger partial charge on any atom is 0.256 e. The third-order valence-corrected chi connectivity index (χ3v) is 3.32. The first-order valence-electron chi connectivity index (χ1n) is 5.29. The first kappa shape index (κ1) is 12.3. The lowest BCUT2D eigenvalue weighted by Gasteiger charge is -2.03. The van der Waals surface area contributed by atoms with Crippen LogP contribution >= 0.6 is 22.9 Å². The molecule has 1 aromatic rings. The van der Waals surface area contributed by atoms with Crippen LogP contribution < -0.4 is 10.6 Å². The van der Waals surface area contributed by atoms with Gasteiger partial charge < -0.3 is 5.32 Å². The van der Waals surface area contributed by atoms with Crippen molar-refractivity contribution < 1.29 is 4.79 Å². The van der Waals surface area contributed by atoms with Gasteiger partial charge in [0.15, 0.2) is 12.0 Å². The van der Waals surface area contributed by atoms with Crippen molar-refractivity contribution >= 4 is 34.8 Å². The quantitative estimate of drug-likeness (QED) is 0.878. The van der Waals surface area contributed by atoms with Gasteiger partial charge >= 0.3 is 0 Å². The number of thiazole rings is 1. The monoisotopic (exact) mass is 272 g/mol. The maximum atomic E-state index is 11.7. The summed E-state index contributed by atoms with van der Waals surface area (Å²) in [5.41, 5.74) is 0. The average Bonchev–Trinajstić information content (AvgIpc) is 2.82. The molecule has 1 fully saturated rings. The molecule has 1 saturated heterocycles.